The van der Waals surface area contributed by atoms with Crippen molar-refractivity contribution in [3.8, 4) is 16.9 Å². The number of nitrogens with zero attached hydrogens (tertiary/aromatic N) is 4. The van der Waals surface area contributed by atoms with Crippen molar-refractivity contribution >= 4 is 28.4 Å². The monoisotopic (exact) mass is 548 g/mol. The molecular formula is C28H23F3N6O3. The van der Waals surface area contributed by atoms with Gasteiger partial charge in [-0.15, -0.1) is 0 Å². The number of alkyl halides is 3. The Kier molecular flexibility index (Phi) is 6.54. The van der Waals surface area contributed by atoms with E-state index in [0.29, 0.717) is 29.0 Å². The Bertz CT molecular complexity index is 1830. The molecule has 0 spiro atoms. The molecule has 9 nitrogen and oxygen atoms in total. The Morgan fingerprint density at radius 3 is 2.30 bits per heavy atom. The van der Waals surface area contributed by atoms with Crippen molar-refractivity contribution in [1.82, 2.24) is 18.9 Å². The minimum Gasteiger partial charge on any atom is -0.366 e. The maximum atomic E-state index is 13.8. The summed E-state index contributed by atoms with van der Waals surface area (Å²) in [5, 5.41) is 6.82. The van der Waals surface area contributed by atoms with Gasteiger partial charge in [-0.1, -0.05) is 18.2 Å². The maximum absolute atomic E-state index is 13.8. The molecule has 0 saturated carbocycles. The summed E-state index contributed by atoms with van der Waals surface area (Å²) in [6, 6.07) is 16.1. The van der Waals surface area contributed by atoms with Gasteiger partial charge in [0.2, 0.25) is 5.91 Å². The number of hydrogen-bond donors (Lipinski definition) is 2. The summed E-state index contributed by atoms with van der Waals surface area (Å²) in [6.45, 7) is 2.22. The Morgan fingerprint density at radius 1 is 1.00 bits per heavy atom. The van der Waals surface area contributed by atoms with Gasteiger partial charge in [0.25, 0.3) is 5.91 Å². The molecule has 0 bridgehead atoms. The molecular weight excluding hydrogens is 525 g/mol. The quantitative estimate of drug-likeness (QED) is 0.323. The van der Waals surface area contributed by atoms with E-state index >= 15 is 0 Å². The molecule has 12 heteroatoms. The second-order valence-corrected chi connectivity index (χ2v) is 9.09. The first-order valence-electron chi connectivity index (χ1n) is 12.1. The highest BCUT2D eigenvalue weighted by Crippen LogP contribution is 2.39. The van der Waals surface area contributed by atoms with Crippen molar-refractivity contribution in [3.05, 3.63) is 100 Å². The summed E-state index contributed by atoms with van der Waals surface area (Å²) in [4.78, 5) is 36.9. The number of nitrogens with two attached hydrogens (primary N) is 1. The summed E-state index contributed by atoms with van der Waals surface area (Å²) < 4.78 is 45.9. The predicted molar refractivity (Wildman–Crippen MR) is 143 cm³/mol. The van der Waals surface area contributed by atoms with Gasteiger partial charge < -0.3 is 15.6 Å². The molecule has 0 fully saturated rings. The van der Waals surface area contributed by atoms with Crippen molar-refractivity contribution in [2.75, 3.05) is 5.32 Å². The predicted octanol–water partition coefficient (Wildman–Crippen LogP) is 4.58. The lowest BCUT2D eigenvalue weighted by Crippen LogP contribution is -2.21. The van der Waals surface area contributed by atoms with Gasteiger partial charge in [0.05, 0.1) is 22.5 Å². The minimum absolute atomic E-state index is 0.0362. The van der Waals surface area contributed by atoms with E-state index in [2.05, 4.69) is 10.4 Å². The molecule has 0 aliphatic carbocycles. The molecule has 2 aromatic heterocycles. The molecule has 204 valence electrons. The summed E-state index contributed by atoms with van der Waals surface area (Å²) in [5.74, 6) is -1.43. The lowest BCUT2D eigenvalue weighted by molar-refractivity contribution is -0.137. The molecule has 0 atom stereocenters. The number of rotatable bonds is 6. The van der Waals surface area contributed by atoms with Crippen LogP contribution in [-0.4, -0.2) is 30.7 Å². The molecule has 3 N–H and O–H groups in total. The van der Waals surface area contributed by atoms with Crippen molar-refractivity contribution in [2.45, 2.75) is 19.6 Å². The minimum atomic E-state index is -4.66. The van der Waals surface area contributed by atoms with E-state index in [-0.39, 0.29) is 27.9 Å². The third kappa shape index (κ3) is 4.75. The fourth-order valence-corrected chi connectivity index (χ4v) is 4.60. The number of carbonyl (C=O) groups is 2. The van der Waals surface area contributed by atoms with E-state index in [1.165, 1.54) is 46.9 Å². The van der Waals surface area contributed by atoms with Crippen molar-refractivity contribution in [2.24, 2.45) is 12.8 Å². The van der Waals surface area contributed by atoms with Crippen LogP contribution < -0.4 is 16.7 Å². The molecule has 0 aliphatic rings. The number of aromatic nitrogens is 4. The van der Waals surface area contributed by atoms with Crippen LogP contribution in [0.25, 0.3) is 27.8 Å². The summed E-state index contributed by atoms with van der Waals surface area (Å²) in [6.07, 6.45) is -3.26. The molecule has 40 heavy (non-hydrogen) atoms. The van der Waals surface area contributed by atoms with Gasteiger partial charge in [-0.3, -0.25) is 9.59 Å². The van der Waals surface area contributed by atoms with E-state index in [0.717, 1.165) is 12.1 Å². The molecule has 5 aromatic rings. The second kappa shape index (κ2) is 9.88. The SMILES string of the molecule is CCn1c(-c2ccc(-n3cnn(C)c3=O)cc2)cc2cc(C(F)(F)F)cc(NC(=O)c3cccc(C(N)=O)c3)c21. The zero-order chi connectivity index (χ0) is 28.8. The second-order valence-electron chi connectivity index (χ2n) is 9.09. The first-order valence-corrected chi connectivity index (χ1v) is 12.1. The topological polar surface area (TPSA) is 117 Å². The van der Waals surface area contributed by atoms with Crippen molar-refractivity contribution in [1.29, 1.82) is 0 Å². The number of carbonyl (C=O) groups excluding carboxylic acids is 2. The molecule has 3 aromatic carbocycles. The fourth-order valence-electron chi connectivity index (χ4n) is 4.60. The Labute approximate surface area is 225 Å². The number of fused-ring (bicyclic) bond motifs is 1. The molecule has 0 saturated heterocycles. The van der Waals surface area contributed by atoms with E-state index in [1.807, 2.05) is 6.92 Å². The van der Waals surface area contributed by atoms with E-state index < -0.39 is 23.6 Å². The van der Waals surface area contributed by atoms with E-state index in [9.17, 15) is 27.6 Å². The summed E-state index contributed by atoms with van der Waals surface area (Å²) >= 11 is 0. The molecule has 0 unspecified atom stereocenters. The number of benzene rings is 3. The first-order chi connectivity index (χ1) is 19.0. The lowest BCUT2D eigenvalue weighted by atomic mass is 10.1. The van der Waals surface area contributed by atoms with Crippen LogP contribution in [0, 0.1) is 0 Å². The number of amides is 2. The highest BCUT2D eigenvalue weighted by Gasteiger charge is 2.32. The average molecular weight is 549 g/mol. The third-order valence-corrected chi connectivity index (χ3v) is 6.56. The number of aryl methyl sites for hydroxylation is 2. The normalized spacial score (nSPS) is 11.6. The van der Waals surface area contributed by atoms with Crippen LogP contribution in [-0.2, 0) is 19.8 Å². The number of primary amides is 1. The fraction of sp³-hybridized carbons (Fsp3) is 0.143. The number of anilines is 1. The zero-order valence-electron chi connectivity index (χ0n) is 21.4. The average Bonchev–Trinajstić information content (AvgIpc) is 3.47. The Morgan fingerprint density at radius 2 is 1.70 bits per heavy atom. The molecule has 0 radical (unpaired) electrons. The van der Waals surface area contributed by atoms with Crippen molar-refractivity contribution < 1.29 is 22.8 Å². The molecule has 2 heterocycles. The molecule has 2 amide bonds. The van der Waals surface area contributed by atoms with Gasteiger partial charge in [-0.05, 0) is 61.0 Å². The lowest BCUT2D eigenvalue weighted by Gasteiger charge is -2.15. The Hall–Kier alpha value is -5.13. The third-order valence-electron chi connectivity index (χ3n) is 6.56. The van der Waals surface area contributed by atoms with E-state index in [1.54, 1.807) is 34.9 Å². The van der Waals surface area contributed by atoms with Gasteiger partial charge in [-0.25, -0.2) is 14.0 Å². The highest BCUT2D eigenvalue weighted by atomic mass is 19.4. The maximum Gasteiger partial charge on any atom is 0.416 e. The number of halogens is 3. The van der Waals surface area contributed by atoms with Crippen LogP contribution in [0.4, 0.5) is 18.9 Å². The van der Waals surface area contributed by atoms with Gasteiger partial charge in [0.15, 0.2) is 0 Å². The molecule has 5 rings (SSSR count). The van der Waals surface area contributed by atoms with Gasteiger partial charge in [-0.2, -0.15) is 18.3 Å². The summed E-state index contributed by atoms with van der Waals surface area (Å²) in [5.41, 5.74) is 6.47. The van der Waals surface area contributed by atoms with Crippen molar-refractivity contribution in [3.63, 3.8) is 0 Å². The van der Waals surface area contributed by atoms with Crippen LogP contribution in [0.15, 0.2) is 77.9 Å². The van der Waals surface area contributed by atoms with Crippen LogP contribution >= 0.6 is 0 Å². The smallest absolute Gasteiger partial charge is 0.366 e. The number of nitrogens with one attached hydrogen (secondary N) is 1. The molecule has 0 aliphatic heterocycles. The van der Waals surface area contributed by atoms with Crippen LogP contribution in [0.1, 0.15) is 33.2 Å². The Balaban J connectivity index is 1.62. The largest absolute Gasteiger partial charge is 0.416 e. The number of hydrogen-bond acceptors (Lipinski definition) is 4. The van der Waals surface area contributed by atoms with Crippen LogP contribution in [0.2, 0.25) is 0 Å². The van der Waals surface area contributed by atoms with Gasteiger partial charge in [0.1, 0.15) is 6.33 Å². The van der Waals surface area contributed by atoms with Gasteiger partial charge >= 0.3 is 11.9 Å². The van der Waals surface area contributed by atoms with Crippen LogP contribution in [0.3, 0.4) is 0 Å². The van der Waals surface area contributed by atoms with Gasteiger partial charge in [0, 0.05) is 35.8 Å². The van der Waals surface area contributed by atoms with Crippen LogP contribution in [0.5, 0.6) is 0 Å². The summed E-state index contributed by atoms with van der Waals surface area (Å²) in [7, 11) is 1.53. The highest BCUT2D eigenvalue weighted by molar-refractivity contribution is 6.10. The standard InChI is InChI=1S/C28H23F3N6O3/c1-3-36-23(16-7-9-21(10-8-16)37-15-33-35(2)27(37)40)13-19-12-20(28(29,30)31)14-22(24(19)36)34-26(39)18-6-4-5-17(11-18)25(32)38/h4-15H,3H2,1-2H3,(H2,32,38)(H,34,39). The zero-order valence-corrected chi connectivity index (χ0v) is 21.4. The van der Waals surface area contributed by atoms with E-state index in [4.69, 9.17) is 5.73 Å². The first kappa shape index (κ1) is 26.5.